The summed E-state index contributed by atoms with van der Waals surface area (Å²) < 4.78 is 13.9. The van der Waals surface area contributed by atoms with Crippen LogP contribution in [0.3, 0.4) is 0 Å². The highest BCUT2D eigenvalue weighted by atomic mass is 16.6. The van der Waals surface area contributed by atoms with Gasteiger partial charge < -0.3 is 25.7 Å². The predicted molar refractivity (Wildman–Crippen MR) is 65.1 cm³/mol. The molecule has 0 aromatic carbocycles. The van der Waals surface area contributed by atoms with Crippen LogP contribution in [0.15, 0.2) is 0 Å². The number of ether oxygens (including phenoxy) is 3. The molecular weight excluding hydrogens is 288 g/mol. The highest BCUT2D eigenvalue weighted by molar-refractivity contribution is 5.87. The zero-order valence-electron chi connectivity index (χ0n) is 11.7. The van der Waals surface area contributed by atoms with E-state index in [1.165, 1.54) is 0 Å². The summed E-state index contributed by atoms with van der Waals surface area (Å²) in [6.45, 7) is 2.89. The number of hydrogen-bond acceptors (Lipinski definition) is 8. The zero-order chi connectivity index (χ0) is 16.7. The molecule has 10 nitrogen and oxygen atoms in total. The maximum absolute atomic E-state index is 11.3. The standard InChI is InChI=1S/C11H16N2O8/c1-4(14)19-7(8(10(12)17)20-5(2)15)9(11(13)18)21-6(3)16/h7-9H,1-3H3,(H2,12,17)(H2,13,18)/t7?,8-,9+. The second-order valence-electron chi connectivity index (χ2n) is 3.94. The number of hydrogen-bond donors (Lipinski definition) is 2. The number of carbonyl (C=O) groups excluding carboxylic acids is 5. The Balaban J connectivity index is 5.60. The monoisotopic (exact) mass is 304 g/mol. The van der Waals surface area contributed by atoms with Crippen molar-refractivity contribution in [2.24, 2.45) is 11.5 Å². The Morgan fingerprint density at radius 2 is 0.952 bits per heavy atom. The number of esters is 3. The minimum absolute atomic E-state index is 0.929. The smallest absolute Gasteiger partial charge is 0.303 e. The first-order valence-corrected chi connectivity index (χ1v) is 5.66. The van der Waals surface area contributed by atoms with Crippen molar-refractivity contribution in [2.45, 2.75) is 39.1 Å². The fourth-order valence-electron chi connectivity index (χ4n) is 1.41. The van der Waals surface area contributed by atoms with Crippen molar-refractivity contribution >= 4 is 29.7 Å². The van der Waals surface area contributed by atoms with Gasteiger partial charge >= 0.3 is 17.9 Å². The number of carbonyl (C=O) groups is 5. The van der Waals surface area contributed by atoms with Crippen molar-refractivity contribution in [1.82, 2.24) is 0 Å². The highest BCUT2D eigenvalue weighted by Gasteiger charge is 2.43. The maximum atomic E-state index is 11.3. The average Bonchev–Trinajstić information content (AvgIpc) is 2.29. The van der Waals surface area contributed by atoms with Crippen LogP contribution >= 0.6 is 0 Å². The van der Waals surface area contributed by atoms with Crippen LogP contribution in [-0.4, -0.2) is 48.0 Å². The van der Waals surface area contributed by atoms with Crippen molar-refractivity contribution in [3.8, 4) is 0 Å². The lowest BCUT2D eigenvalue weighted by atomic mass is 10.1. The summed E-state index contributed by atoms with van der Waals surface area (Å²) in [7, 11) is 0. The van der Waals surface area contributed by atoms with E-state index in [9.17, 15) is 24.0 Å². The topological polar surface area (TPSA) is 165 Å². The van der Waals surface area contributed by atoms with Crippen LogP contribution in [0.5, 0.6) is 0 Å². The summed E-state index contributed by atoms with van der Waals surface area (Å²) in [5.74, 6) is -5.22. The van der Waals surface area contributed by atoms with Gasteiger partial charge in [-0.15, -0.1) is 0 Å². The van der Waals surface area contributed by atoms with Crippen LogP contribution in [0.2, 0.25) is 0 Å². The number of rotatable bonds is 7. The Morgan fingerprint density at radius 3 is 1.14 bits per heavy atom. The average molecular weight is 304 g/mol. The van der Waals surface area contributed by atoms with Gasteiger partial charge in [0.1, 0.15) is 0 Å². The van der Waals surface area contributed by atoms with Crippen molar-refractivity contribution in [1.29, 1.82) is 0 Å². The summed E-state index contributed by atoms with van der Waals surface area (Å²) >= 11 is 0. The first-order valence-electron chi connectivity index (χ1n) is 5.66. The van der Waals surface area contributed by atoms with Crippen molar-refractivity contribution in [2.75, 3.05) is 0 Å². The predicted octanol–water partition coefficient (Wildman–Crippen LogP) is -2.25. The van der Waals surface area contributed by atoms with Gasteiger partial charge in [0.15, 0.2) is 6.10 Å². The summed E-state index contributed by atoms with van der Waals surface area (Å²) in [4.78, 5) is 55.7. The number of amides is 2. The molecule has 21 heavy (non-hydrogen) atoms. The van der Waals surface area contributed by atoms with E-state index in [4.69, 9.17) is 16.2 Å². The van der Waals surface area contributed by atoms with Crippen molar-refractivity contribution < 1.29 is 38.2 Å². The van der Waals surface area contributed by atoms with Gasteiger partial charge in [-0.1, -0.05) is 0 Å². The van der Waals surface area contributed by atoms with E-state index in [-0.39, 0.29) is 0 Å². The molecule has 0 rings (SSSR count). The molecule has 0 aliphatic carbocycles. The summed E-state index contributed by atoms with van der Waals surface area (Å²) in [5, 5.41) is 0. The molecule has 1 unspecified atom stereocenters. The van der Waals surface area contributed by atoms with Crippen LogP contribution in [0.1, 0.15) is 20.8 Å². The normalized spacial score (nSPS) is 14.2. The zero-order valence-corrected chi connectivity index (χ0v) is 11.7. The highest BCUT2D eigenvalue weighted by Crippen LogP contribution is 2.14. The fourth-order valence-corrected chi connectivity index (χ4v) is 1.41. The molecule has 0 bridgehead atoms. The van der Waals surface area contributed by atoms with Gasteiger partial charge in [-0.2, -0.15) is 0 Å². The molecule has 0 aromatic rings. The van der Waals surface area contributed by atoms with E-state index >= 15 is 0 Å². The molecule has 0 saturated heterocycles. The lowest BCUT2D eigenvalue weighted by Gasteiger charge is -2.28. The van der Waals surface area contributed by atoms with E-state index in [1.54, 1.807) is 0 Å². The molecule has 118 valence electrons. The van der Waals surface area contributed by atoms with Gasteiger partial charge in [0.2, 0.25) is 12.2 Å². The molecule has 0 aromatic heterocycles. The van der Waals surface area contributed by atoms with Gasteiger partial charge in [-0.3, -0.25) is 24.0 Å². The minimum atomic E-state index is -1.84. The van der Waals surface area contributed by atoms with E-state index in [1.807, 2.05) is 0 Å². The van der Waals surface area contributed by atoms with E-state index in [2.05, 4.69) is 9.47 Å². The molecule has 3 atom stereocenters. The molecule has 0 aliphatic rings. The van der Waals surface area contributed by atoms with E-state index < -0.39 is 48.0 Å². The Labute approximate surface area is 119 Å². The second kappa shape index (κ2) is 7.82. The van der Waals surface area contributed by atoms with Crippen LogP contribution in [0.25, 0.3) is 0 Å². The summed E-state index contributed by atoms with van der Waals surface area (Å²) in [6.07, 6.45) is -5.48. The largest absolute Gasteiger partial charge is 0.453 e. The van der Waals surface area contributed by atoms with Crippen LogP contribution in [0.4, 0.5) is 0 Å². The Hall–Kier alpha value is -2.65. The first kappa shape index (κ1) is 18.4. The first-order chi connectivity index (χ1) is 9.56. The molecule has 4 N–H and O–H groups in total. The fraction of sp³-hybridized carbons (Fsp3) is 0.545. The molecule has 0 fully saturated rings. The number of primary amides is 2. The third-order valence-corrected chi connectivity index (χ3v) is 2.05. The van der Waals surface area contributed by atoms with Crippen LogP contribution in [-0.2, 0) is 38.2 Å². The molecule has 10 heteroatoms. The van der Waals surface area contributed by atoms with Gasteiger partial charge in [0.05, 0.1) is 0 Å². The molecule has 0 heterocycles. The third kappa shape index (κ3) is 6.36. The lowest BCUT2D eigenvalue weighted by Crippen LogP contribution is -2.55. The van der Waals surface area contributed by atoms with Gasteiger partial charge in [0, 0.05) is 20.8 Å². The van der Waals surface area contributed by atoms with Crippen LogP contribution in [0, 0.1) is 0 Å². The molecule has 0 saturated carbocycles. The molecule has 0 spiro atoms. The van der Waals surface area contributed by atoms with E-state index in [0.29, 0.717) is 0 Å². The van der Waals surface area contributed by atoms with E-state index in [0.717, 1.165) is 20.8 Å². The Bertz CT molecular complexity index is 427. The van der Waals surface area contributed by atoms with Crippen molar-refractivity contribution in [3.63, 3.8) is 0 Å². The van der Waals surface area contributed by atoms with Gasteiger partial charge in [0.25, 0.3) is 11.8 Å². The third-order valence-electron chi connectivity index (χ3n) is 2.05. The van der Waals surface area contributed by atoms with Gasteiger partial charge in [-0.25, -0.2) is 0 Å². The second-order valence-corrected chi connectivity index (χ2v) is 3.94. The summed E-state index contributed by atoms with van der Waals surface area (Å²) in [6, 6.07) is 0. The number of nitrogens with two attached hydrogens (primary N) is 2. The molecule has 2 amide bonds. The summed E-state index contributed by atoms with van der Waals surface area (Å²) in [5.41, 5.74) is 10.1. The van der Waals surface area contributed by atoms with Gasteiger partial charge in [-0.05, 0) is 0 Å². The van der Waals surface area contributed by atoms with Crippen molar-refractivity contribution in [3.05, 3.63) is 0 Å². The maximum Gasteiger partial charge on any atom is 0.303 e. The Kier molecular flexibility index (Phi) is 6.84. The quantitative estimate of drug-likeness (QED) is 0.393. The minimum Gasteiger partial charge on any atom is -0.453 e. The molecular formula is C11H16N2O8. The molecule has 0 aliphatic heterocycles. The SMILES string of the molecule is CC(=O)OC([C@H](OC(C)=O)C(N)=O)[C@@H](OC(C)=O)C(N)=O. The van der Waals surface area contributed by atoms with Crippen LogP contribution < -0.4 is 11.5 Å². The molecule has 0 radical (unpaired) electrons. The lowest BCUT2D eigenvalue weighted by molar-refractivity contribution is -0.186. The Morgan fingerprint density at radius 1 is 0.667 bits per heavy atom.